The van der Waals surface area contributed by atoms with Crippen LogP contribution in [0.25, 0.3) is 0 Å². The number of ketones is 1. The Morgan fingerprint density at radius 2 is 2.22 bits per heavy atom. The molecule has 2 aromatic rings. The van der Waals surface area contributed by atoms with Crippen molar-refractivity contribution in [3.05, 3.63) is 34.2 Å². The number of nitrogens with one attached hydrogen (secondary N) is 1. The van der Waals surface area contributed by atoms with Gasteiger partial charge in [0.2, 0.25) is 6.79 Å². The summed E-state index contributed by atoms with van der Waals surface area (Å²) in [6.07, 6.45) is 1.88. The van der Waals surface area contributed by atoms with Crippen LogP contribution in [0.5, 0.6) is 11.5 Å². The summed E-state index contributed by atoms with van der Waals surface area (Å²) in [7, 11) is 0. The number of hydrogen-bond donors (Lipinski definition) is 1. The molecule has 2 heterocycles. The number of carbonyl (C=O) groups excluding carboxylic acids is 1. The molecule has 8 heteroatoms. The molecular weight excluding hydrogens is 318 g/mol. The summed E-state index contributed by atoms with van der Waals surface area (Å²) in [6.45, 7) is 2.84. The largest absolute Gasteiger partial charge is 0.454 e. The van der Waals surface area contributed by atoms with E-state index in [9.17, 15) is 9.59 Å². The molecule has 0 amide bonds. The van der Waals surface area contributed by atoms with Crippen molar-refractivity contribution in [3.63, 3.8) is 0 Å². The van der Waals surface area contributed by atoms with Crippen LogP contribution in [0, 0.1) is 0 Å². The molecule has 0 unspecified atom stereocenters. The zero-order chi connectivity index (χ0) is 16.2. The number of fused-ring (bicyclic) bond motifs is 1. The highest BCUT2D eigenvalue weighted by molar-refractivity contribution is 7.99. The molecule has 1 aromatic heterocycles. The van der Waals surface area contributed by atoms with E-state index in [-0.39, 0.29) is 24.0 Å². The summed E-state index contributed by atoms with van der Waals surface area (Å²) < 4.78 is 12.1. The van der Waals surface area contributed by atoms with E-state index in [1.165, 1.54) is 11.8 Å². The Morgan fingerprint density at radius 1 is 1.39 bits per heavy atom. The van der Waals surface area contributed by atoms with E-state index in [4.69, 9.17) is 9.47 Å². The summed E-state index contributed by atoms with van der Waals surface area (Å²) in [5.74, 6) is 1.39. The van der Waals surface area contributed by atoms with Crippen LogP contribution in [-0.2, 0) is 6.54 Å². The molecule has 1 aliphatic rings. The minimum Gasteiger partial charge on any atom is -0.454 e. The number of thioether (sulfide) groups is 1. The fourth-order valence-corrected chi connectivity index (χ4v) is 3.08. The molecule has 1 aliphatic heterocycles. The lowest BCUT2D eigenvalue weighted by Crippen LogP contribution is -2.18. The number of benzene rings is 1. The Kier molecular flexibility index (Phi) is 4.71. The molecule has 0 bridgehead atoms. The normalized spacial score (nSPS) is 12.6. The van der Waals surface area contributed by atoms with Gasteiger partial charge in [-0.1, -0.05) is 25.1 Å². The van der Waals surface area contributed by atoms with E-state index >= 15 is 0 Å². The van der Waals surface area contributed by atoms with E-state index in [1.807, 2.05) is 0 Å². The molecule has 122 valence electrons. The first-order chi connectivity index (χ1) is 11.2. The third-order valence-electron chi connectivity index (χ3n) is 3.49. The van der Waals surface area contributed by atoms with Crippen molar-refractivity contribution in [1.82, 2.24) is 14.8 Å². The minimum atomic E-state index is -0.239. The average molecular weight is 335 g/mol. The molecule has 0 spiro atoms. The minimum absolute atomic E-state index is 0.0502. The van der Waals surface area contributed by atoms with Crippen molar-refractivity contribution in [3.8, 4) is 11.5 Å². The standard InChI is InChI=1S/C15H17N3O4S/c1-2-3-6-18-14(20)16-17-15(18)23-8-11(19)10-4-5-12-13(7-10)22-9-21-12/h4-5,7H,2-3,6,8-9H2,1H3,(H,16,20). The van der Waals surface area contributed by atoms with Crippen molar-refractivity contribution in [2.45, 2.75) is 31.5 Å². The number of Topliss-reactive ketones (excluding diaryl/α,β-unsaturated/α-hetero) is 1. The SMILES string of the molecule is CCCCn1c(SCC(=O)c2ccc3c(c2)OCO3)n[nH]c1=O. The molecule has 0 saturated heterocycles. The second kappa shape index (κ2) is 6.91. The number of ether oxygens (including phenoxy) is 2. The summed E-state index contributed by atoms with van der Waals surface area (Å²) in [5, 5.41) is 6.96. The highest BCUT2D eigenvalue weighted by Gasteiger charge is 2.17. The molecule has 0 saturated carbocycles. The monoisotopic (exact) mass is 335 g/mol. The second-order valence-corrected chi connectivity index (χ2v) is 6.04. The van der Waals surface area contributed by atoms with Crippen LogP contribution in [-0.4, -0.2) is 33.1 Å². The lowest BCUT2D eigenvalue weighted by molar-refractivity contribution is 0.102. The van der Waals surface area contributed by atoms with Crippen LogP contribution in [0.4, 0.5) is 0 Å². The van der Waals surface area contributed by atoms with Gasteiger partial charge in [0.05, 0.1) is 5.75 Å². The number of nitrogens with zero attached hydrogens (tertiary/aromatic N) is 2. The lowest BCUT2D eigenvalue weighted by Gasteiger charge is -2.05. The van der Waals surface area contributed by atoms with Gasteiger partial charge in [0.25, 0.3) is 0 Å². The van der Waals surface area contributed by atoms with E-state index in [0.717, 1.165) is 12.8 Å². The Bertz CT molecular complexity index is 768. The van der Waals surface area contributed by atoms with E-state index < -0.39 is 0 Å². The summed E-state index contributed by atoms with van der Waals surface area (Å²) >= 11 is 1.25. The van der Waals surface area contributed by atoms with Crippen LogP contribution in [0.15, 0.2) is 28.2 Å². The molecule has 23 heavy (non-hydrogen) atoms. The zero-order valence-corrected chi connectivity index (χ0v) is 13.5. The Labute approximate surface area is 137 Å². The topological polar surface area (TPSA) is 86.2 Å². The fraction of sp³-hybridized carbons (Fsp3) is 0.400. The molecule has 0 fully saturated rings. The van der Waals surface area contributed by atoms with Gasteiger partial charge >= 0.3 is 5.69 Å². The maximum Gasteiger partial charge on any atom is 0.343 e. The molecule has 0 radical (unpaired) electrons. The highest BCUT2D eigenvalue weighted by Crippen LogP contribution is 2.32. The van der Waals surface area contributed by atoms with Crippen LogP contribution < -0.4 is 15.2 Å². The van der Waals surface area contributed by atoms with Crippen molar-refractivity contribution in [1.29, 1.82) is 0 Å². The summed E-state index contributed by atoms with van der Waals surface area (Å²) in [6, 6.07) is 5.12. The first-order valence-electron chi connectivity index (χ1n) is 7.40. The molecule has 1 N–H and O–H groups in total. The Morgan fingerprint density at radius 3 is 3.04 bits per heavy atom. The molecule has 3 rings (SSSR count). The number of carbonyl (C=O) groups is 1. The Balaban J connectivity index is 1.66. The van der Waals surface area contributed by atoms with E-state index in [0.29, 0.717) is 28.8 Å². The maximum atomic E-state index is 12.3. The maximum absolute atomic E-state index is 12.3. The predicted octanol–water partition coefficient (Wildman–Crippen LogP) is 2.08. The molecule has 7 nitrogen and oxygen atoms in total. The molecule has 0 atom stereocenters. The number of H-pyrrole nitrogens is 1. The van der Waals surface area contributed by atoms with Crippen molar-refractivity contribution >= 4 is 17.5 Å². The summed E-state index contributed by atoms with van der Waals surface area (Å²) in [4.78, 5) is 24.0. The number of unbranched alkanes of at least 4 members (excludes halogenated alkanes) is 1. The van der Waals surface area contributed by atoms with Crippen LogP contribution in [0.1, 0.15) is 30.1 Å². The van der Waals surface area contributed by atoms with E-state index in [1.54, 1.807) is 22.8 Å². The van der Waals surface area contributed by atoms with Crippen LogP contribution in [0.2, 0.25) is 0 Å². The molecular formula is C15H17N3O4S. The Hall–Kier alpha value is -2.22. The van der Waals surface area contributed by atoms with Gasteiger partial charge in [-0.25, -0.2) is 9.89 Å². The highest BCUT2D eigenvalue weighted by atomic mass is 32.2. The van der Waals surface area contributed by atoms with Gasteiger partial charge in [-0.2, -0.15) is 0 Å². The molecule has 0 aliphatic carbocycles. The van der Waals surface area contributed by atoms with Gasteiger partial charge in [-0.3, -0.25) is 9.36 Å². The van der Waals surface area contributed by atoms with Gasteiger partial charge in [0.1, 0.15) is 0 Å². The van der Waals surface area contributed by atoms with Gasteiger partial charge in [0, 0.05) is 12.1 Å². The van der Waals surface area contributed by atoms with Gasteiger partial charge in [0.15, 0.2) is 22.4 Å². The van der Waals surface area contributed by atoms with Gasteiger partial charge in [-0.15, -0.1) is 5.10 Å². The average Bonchev–Trinajstić information content (AvgIpc) is 3.16. The zero-order valence-electron chi connectivity index (χ0n) is 12.7. The number of aromatic amines is 1. The smallest absolute Gasteiger partial charge is 0.343 e. The van der Waals surface area contributed by atoms with E-state index in [2.05, 4.69) is 17.1 Å². The quantitative estimate of drug-likeness (QED) is 0.616. The van der Waals surface area contributed by atoms with Gasteiger partial charge in [-0.05, 0) is 24.6 Å². The van der Waals surface area contributed by atoms with Crippen molar-refractivity contribution < 1.29 is 14.3 Å². The number of aromatic nitrogens is 3. The number of hydrogen-bond acceptors (Lipinski definition) is 6. The predicted molar refractivity (Wildman–Crippen MR) is 85.4 cm³/mol. The third-order valence-corrected chi connectivity index (χ3v) is 4.46. The van der Waals surface area contributed by atoms with Crippen molar-refractivity contribution in [2.75, 3.05) is 12.5 Å². The first kappa shape index (κ1) is 15.7. The number of rotatable bonds is 7. The third kappa shape index (κ3) is 3.42. The van der Waals surface area contributed by atoms with Crippen LogP contribution in [0.3, 0.4) is 0 Å². The van der Waals surface area contributed by atoms with Gasteiger partial charge < -0.3 is 9.47 Å². The molecule has 1 aromatic carbocycles. The fourth-order valence-electron chi connectivity index (χ4n) is 2.21. The lowest BCUT2D eigenvalue weighted by atomic mass is 10.1. The van der Waals surface area contributed by atoms with Crippen LogP contribution >= 0.6 is 11.8 Å². The van der Waals surface area contributed by atoms with Crippen molar-refractivity contribution in [2.24, 2.45) is 0 Å². The second-order valence-electron chi connectivity index (χ2n) is 5.10. The first-order valence-corrected chi connectivity index (χ1v) is 8.38. The summed E-state index contributed by atoms with van der Waals surface area (Å²) in [5.41, 5.74) is 0.316.